The summed E-state index contributed by atoms with van der Waals surface area (Å²) in [5.74, 6) is -0.0869. The summed E-state index contributed by atoms with van der Waals surface area (Å²) in [5, 5.41) is 3.64. The molecule has 0 spiro atoms. The number of carbonyl (C=O) groups excluding carboxylic acids is 1. The summed E-state index contributed by atoms with van der Waals surface area (Å²) in [6, 6.07) is 15.7. The molecule has 1 amide bonds. The fraction of sp³-hybridized carbons (Fsp3) is 0.0952. The predicted molar refractivity (Wildman–Crippen MR) is 104 cm³/mol. The maximum Gasteiger partial charge on any atom is 0.256 e. The molecule has 1 aromatic heterocycles. The first-order chi connectivity index (χ1) is 12.0. The molecule has 1 aliphatic rings. The van der Waals surface area contributed by atoms with Crippen LogP contribution in [-0.4, -0.2) is 10.9 Å². The molecule has 0 radical (unpaired) electrons. The molecule has 2 N–H and O–H groups in total. The van der Waals surface area contributed by atoms with Crippen LogP contribution in [0.15, 0.2) is 48.5 Å². The number of nitrogens with one attached hydrogen (secondary N) is 2. The highest BCUT2D eigenvalue weighted by atomic mass is 35.5. The molecule has 0 saturated carbocycles. The van der Waals surface area contributed by atoms with Gasteiger partial charge in [0.2, 0.25) is 0 Å². The minimum atomic E-state index is -0.0869. The van der Waals surface area contributed by atoms with E-state index in [0.29, 0.717) is 10.6 Å². The molecule has 4 heteroatoms. The number of halogens is 1. The highest BCUT2D eigenvalue weighted by Gasteiger charge is 2.27. The molecular formula is C21H17ClN2O. The first-order valence-electron chi connectivity index (χ1n) is 8.11. The summed E-state index contributed by atoms with van der Waals surface area (Å²) in [6.07, 6.45) is 1.93. The van der Waals surface area contributed by atoms with Crippen molar-refractivity contribution < 1.29 is 4.79 Å². The molecule has 4 rings (SSSR count). The van der Waals surface area contributed by atoms with Crippen molar-refractivity contribution in [1.29, 1.82) is 0 Å². The maximum absolute atomic E-state index is 12.6. The third-order valence-electron chi connectivity index (χ3n) is 4.44. The number of H-pyrrole nitrogens is 1. The summed E-state index contributed by atoms with van der Waals surface area (Å²) in [6.45, 7) is 4.04. The van der Waals surface area contributed by atoms with Crippen LogP contribution in [0, 0.1) is 13.8 Å². The maximum atomic E-state index is 12.6. The van der Waals surface area contributed by atoms with E-state index in [1.165, 1.54) is 0 Å². The number of aryl methyl sites for hydroxylation is 2. The van der Waals surface area contributed by atoms with Gasteiger partial charge in [-0.3, -0.25) is 4.79 Å². The number of carbonyl (C=O) groups is 1. The lowest BCUT2D eigenvalue weighted by Crippen LogP contribution is -2.03. The largest absolute Gasteiger partial charge is 0.359 e. The standard InChI is InChI=1S/C21H17ClN2O/c1-12-9-13(2)23-19(12)11-17-20-16(14-5-3-6-15(22)10-14)7-4-8-18(20)24-21(17)25/h3-11,23H,1-2H3,(H,24,25)/b17-11-. The molecule has 2 aromatic carbocycles. The molecule has 2 heterocycles. The van der Waals surface area contributed by atoms with Crippen molar-refractivity contribution in [3.05, 3.63) is 76.1 Å². The second kappa shape index (κ2) is 5.94. The van der Waals surface area contributed by atoms with Crippen LogP contribution < -0.4 is 5.32 Å². The number of rotatable bonds is 2. The number of aromatic amines is 1. The van der Waals surface area contributed by atoms with Crippen molar-refractivity contribution in [2.45, 2.75) is 13.8 Å². The first kappa shape index (κ1) is 15.7. The summed E-state index contributed by atoms with van der Waals surface area (Å²) in [7, 11) is 0. The smallest absolute Gasteiger partial charge is 0.256 e. The number of fused-ring (bicyclic) bond motifs is 1. The van der Waals surface area contributed by atoms with Crippen LogP contribution >= 0.6 is 11.6 Å². The van der Waals surface area contributed by atoms with Gasteiger partial charge in [-0.2, -0.15) is 0 Å². The van der Waals surface area contributed by atoms with E-state index in [0.717, 1.165) is 39.3 Å². The van der Waals surface area contributed by atoms with Gasteiger partial charge in [-0.1, -0.05) is 35.9 Å². The van der Waals surface area contributed by atoms with Crippen molar-refractivity contribution in [2.75, 3.05) is 5.32 Å². The van der Waals surface area contributed by atoms with Crippen molar-refractivity contribution >= 4 is 34.8 Å². The van der Waals surface area contributed by atoms with Gasteiger partial charge >= 0.3 is 0 Å². The Morgan fingerprint density at radius 2 is 1.84 bits per heavy atom. The first-order valence-corrected chi connectivity index (χ1v) is 8.49. The molecule has 0 bridgehead atoms. The Morgan fingerprint density at radius 1 is 1.04 bits per heavy atom. The molecule has 0 saturated heterocycles. The third kappa shape index (κ3) is 2.77. The summed E-state index contributed by atoms with van der Waals surface area (Å²) < 4.78 is 0. The molecule has 0 fully saturated rings. The Kier molecular flexibility index (Phi) is 3.74. The Balaban J connectivity index is 1.92. The van der Waals surface area contributed by atoms with E-state index in [1.54, 1.807) is 0 Å². The van der Waals surface area contributed by atoms with Crippen molar-refractivity contribution in [1.82, 2.24) is 4.98 Å². The Labute approximate surface area is 151 Å². The van der Waals surface area contributed by atoms with E-state index >= 15 is 0 Å². The van der Waals surface area contributed by atoms with Gasteiger partial charge < -0.3 is 10.3 Å². The van der Waals surface area contributed by atoms with E-state index in [9.17, 15) is 4.79 Å². The van der Waals surface area contributed by atoms with Crippen molar-refractivity contribution in [3.8, 4) is 11.1 Å². The van der Waals surface area contributed by atoms with Crippen LogP contribution in [0.3, 0.4) is 0 Å². The van der Waals surface area contributed by atoms with Crippen LogP contribution in [0.5, 0.6) is 0 Å². The molecule has 0 aliphatic carbocycles. The molecular weight excluding hydrogens is 332 g/mol. The highest BCUT2D eigenvalue weighted by molar-refractivity contribution is 6.36. The molecule has 0 atom stereocenters. The minimum absolute atomic E-state index is 0.0869. The zero-order chi connectivity index (χ0) is 17.6. The van der Waals surface area contributed by atoms with Gasteiger partial charge in [-0.25, -0.2) is 0 Å². The lowest BCUT2D eigenvalue weighted by atomic mass is 9.94. The fourth-order valence-corrected chi connectivity index (χ4v) is 3.52. The number of aromatic nitrogens is 1. The van der Waals surface area contributed by atoms with Gasteiger partial charge in [0, 0.05) is 27.7 Å². The topological polar surface area (TPSA) is 44.9 Å². The number of anilines is 1. The number of hydrogen-bond acceptors (Lipinski definition) is 1. The van der Waals surface area contributed by atoms with Gasteiger partial charge in [-0.05, 0) is 60.9 Å². The summed E-state index contributed by atoms with van der Waals surface area (Å²) >= 11 is 6.16. The van der Waals surface area contributed by atoms with E-state index in [4.69, 9.17) is 11.6 Å². The number of benzene rings is 2. The van der Waals surface area contributed by atoms with Gasteiger partial charge in [0.15, 0.2) is 0 Å². The Morgan fingerprint density at radius 3 is 2.56 bits per heavy atom. The second-order valence-electron chi connectivity index (χ2n) is 6.30. The lowest BCUT2D eigenvalue weighted by molar-refractivity contribution is -0.110. The monoisotopic (exact) mass is 348 g/mol. The van der Waals surface area contributed by atoms with Crippen LogP contribution in [0.25, 0.3) is 22.8 Å². The van der Waals surface area contributed by atoms with Gasteiger partial charge in [0.1, 0.15) is 0 Å². The van der Waals surface area contributed by atoms with E-state index in [1.807, 2.05) is 62.4 Å². The zero-order valence-electron chi connectivity index (χ0n) is 14.0. The minimum Gasteiger partial charge on any atom is -0.359 e. The van der Waals surface area contributed by atoms with Crippen molar-refractivity contribution in [3.63, 3.8) is 0 Å². The lowest BCUT2D eigenvalue weighted by Gasteiger charge is -2.09. The highest BCUT2D eigenvalue weighted by Crippen LogP contribution is 2.40. The third-order valence-corrected chi connectivity index (χ3v) is 4.68. The molecule has 0 unspecified atom stereocenters. The molecule has 124 valence electrons. The Bertz CT molecular complexity index is 1030. The Hall–Kier alpha value is -2.78. The van der Waals surface area contributed by atoms with Gasteiger partial charge in [0.25, 0.3) is 5.91 Å². The number of amides is 1. The number of hydrogen-bond donors (Lipinski definition) is 2. The van der Waals surface area contributed by atoms with Crippen LogP contribution in [0.2, 0.25) is 5.02 Å². The average Bonchev–Trinajstić information content (AvgIpc) is 3.06. The molecule has 3 aromatic rings. The average molecular weight is 349 g/mol. The molecule has 3 nitrogen and oxygen atoms in total. The molecule has 25 heavy (non-hydrogen) atoms. The molecule has 1 aliphatic heterocycles. The van der Waals surface area contributed by atoms with Gasteiger partial charge in [0.05, 0.1) is 5.57 Å². The van der Waals surface area contributed by atoms with E-state index in [-0.39, 0.29) is 5.91 Å². The predicted octanol–water partition coefficient (Wildman–Crippen LogP) is 5.44. The van der Waals surface area contributed by atoms with Gasteiger partial charge in [-0.15, -0.1) is 0 Å². The van der Waals surface area contributed by atoms with E-state index < -0.39 is 0 Å². The van der Waals surface area contributed by atoms with Crippen LogP contribution in [0.1, 0.15) is 22.5 Å². The van der Waals surface area contributed by atoms with Crippen LogP contribution in [0.4, 0.5) is 5.69 Å². The second-order valence-corrected chi connectivity index (χ2v) is 6.74. The quantitative estimate of drug-likeness (QED) is 0.595. The zero-order valence-corrected chi connectivity index (χ0v) is 14.7. The van der Waals surface area contributed by atoms with Crippen LogP contribution in [-0.2, 0) is 4.79 Å². The summed E-state index contributed by atoms with van der Waals surface area (Å²) in [5.41, 5.74) is 7.54. The summed E-state index contributed by atoms with van der Waals surface area (Å²) in [4.78, 5) is 15.9. The fourth-order valence-electron chi connectivity index (χ4n) is 3.33. The SMILES string of the molecule is Cc1cc(C)c(/C=C2\C(=O)Nc3cccc(-c4cccc(Cl)c4)c32)[nH]1. The van der Waals surface area contributed by atoms with Crippen molar-refractivity contribution in [2.24, 2.45) is 0 Å². The normalized spacial score (nSPS) is 14.7. The van der Waals surface area contributed by atoms with E-state index in [2.05, 4.69) is 16.4 Å².